The van der Waals surface area contributed by atoms with E-state index >= 15 is 0 Å². The van der Waals surface area contributed by atoms with Crippen molar-refractivity contribution in [3.05, 3.63) is 223 Å². The van der Waals surface area contributed by atoms with Crippen LogP contribution in [0.1, 0.15) is 98.0 Å². The third-order valence-electron chi connectivity index (χ3n) is 12.6. The van der Waals surface area contributed by atoms with Crippen LogP contribution in [0.2, 0.25) is 0 Å². The first-order valence-corrected chi connectivity index (χ1v) is 23.2. The number of hydrogen-bond donors (Lipinski definition) is 0. The molecule has 6 heteroatoms. The normalized spacial score (nSPS) is 16.9. The van der Waals surface area contributed by atoms with Crippen LogP contribution in [-0.4, -0.2) is 9.55 Å². The number of aromatic nitrogens is 2. The van der Waals surface area contributed by atoms with Crippen molar-refractivity contribution in [1.82, 2.24) is 9.55 Å². The van der Waals surface area contributed by atoms with E-state index in [1.807, 2.05) is 58.9 Å². The summed E-state index contributed by atoms with van der Waals surface area (Å²) in [7, 11) is 0. The van der Waals surface area contributed by atoms with Gasteiger partial charge in [0, 0.05) is 87.6 Å². The van der Waals surface area contributed by atoms with Crippen LogP contribution < -0.4 is 14.5 Å². The Balaban J connectivity index is 0.00000909. The molecule has 72 heavy (non-hydrogen) atoms. The molecule has 8 aromatic carbocycles. The fourth-order valence-corrected chi connectivity index (χ4v) is 9.06. The second-order valence-corrected chi connectivity index (χ2v) is 19.5. The number of nitrogens with zero attached hydrogens (tertiary/aromatic N) is 4. The molecule has 1 aliphatic rings. The molecule has 0 N–H and O–H groups in total. The zero-order valence-electron chi connectivity index (χ0n) is 59.3. The first-order valence-electron chi connectivity index (χ1n) is 32.7. The average molecular weight is 1140 g/mol. The van der Waals surface area contributed by atoms with E-state index in [1.54, 1.807) is 54.6 Å². The molecule has 0 bridgehead atoms. The van der Waals surface area contributed by atoms with E-state index in [4.69, 9.17) is 25.3 Å². The quantitative estimate of drug-likeness (QED) is 0.128. The van der Waals surface area contributed by atoms with Gasteiger partial charge >= 0.3 is 0 Å². The Morgan fingerprint density at radius 3 is 1.93 bits per heavy atom. The van der Waals surface area contributed by atoms with Gasteiger partial charge in [-0.1, -0.05) is 188 Å². The summed E-state index contributed by atoms with van der Waals surface area (Å²) in [5.74, 6) is -3.35. The Morgan fingerprint density at radius 1 is 0.639 bits per heavy atom. The summed E-state index contributed by atoms with van der Waals surface area (Å²) >= 11 is 0. The summed E-state index contributed by atoms with van der Waals surface area (Å²) in [6.45, 7) is 7.67. The predicted molar refractivity (Wildman–Crippen MR) is 296 cm³/mol. The van der Waals surface area contributed by atoms with Crippen LogP contribution in [0.3, 0.4) is 0 Å². The van der Waals surface area contributed by atoms with Crippen molar-refractivity contribution in [1.29, 1.82) is 0 Å². The maximum absolute atomic E-state index is 9.84. The van der Waals surface area contributed by atoms with Crippen molar-refractivity contribution in [3.8, 4) is 50.7 Å². The molecule has 0 aliphatic carbocycles. The Kier molecular flexibility index (Phi) is 8.26. The number of fused-ring (bicyclic) bond motifs is 4. The minimum Gasteiger partial charge on any atom is -0.509 e. The van der Waals surface area contributed by atoms with E-state index in [-0.39, 0.29) is 72.4 Å². The van der Waals surface area contributed by atoms with Gasteiger partial charge in [-0.25, -0.2) is 4.98 Å². The number of anilines is 4. The smallest absolute Gasteiger partial charge is 0.135 e. The van der Waals surface area contributed by atoms with E-state index in [0.29, 0.717) is 44.6 Å². The van der Waals surface area contributed by atoms with Gasteiger partial charge in [0.1, 0.15) is 5.82 Å². The topological polar surface area (TPSA) is 33.5 Å². The van der Waals surface area contributed by atoms with E-state index in [1.165, 1.54) is 4.57 Å². The Morgan fingerprint density at radius 2 is 1.25 bits per heavy atom. The van der Waals surface area contributed by atoms with E-state index in [9.17, 15) is 5.48 Å². The molecule has 11 rings (SSSR count). The molecular weight excluding hydrogens is 1060 g/mol. The first-order chi connectivity index (χ1) is 42.0. The molecule has 0 radical (unpaired) electrons. The number of rotatable bonds is 10. The van der Waals surface area contributed by atoms with Crippen LogP contribution >= 0.6 is 0 Å². The van der Waals surface area contributed by atoms with Crippen molar-refractivity contribution < 1.29 is 51.8 Å². The zero-order valence-corrected chi connectivity index (χ0v) is 42.5. The van der Waals surface area contributed by atoms with Gasteiger partial charge in [-0.2, -0.15) is 12.1 Å². The molecule has 0 amide bonds. The fraction of sp³-hybridized carbons (Fsp3) is 0.182. The summed E-state index contributed by atoms with van der Waals surface area (Å²) in [5.41, 5.74) is 4.90. The second kappa shape index (κ2) is 19.4. The summed E-state index contributed by atoms with van der Waals surface area (Å²) in [4.78, 5) is 8.38. The molecule has 5 nitrogen and oxygen atoms in total. The van der Waals surface area contributed by atoms with Crippen LogP contribution in [0.5, 0.6) is 11.5 Å². The van der Waals surface area contributed by atoms with Crippen LogP contribution in [0, 0.1) is 24.7 Å². The molecule has 0 saturated carbocycles. The number of para-hydroxylation sites is 4. The Bertz CT molecular complexity index is 4500. The van der Waals surface area contributed by atoms with Crippen LogP contribution in [0.4, 0.5) is 22.7 Å². The van der Waals surface area contributed by atoms with E-state index in [2.05, 4.69) is 76.9 Å². The van der Waals surface area contributed by atoms with Crippen molar-refractivity contribution in [3.63, 3.8) is 0 Å². The van der Waals surface area contributed by atoms with Crippen LogP contribution in [0.25, 0.3) is 61.0 Å². The summed E-state index contributed by atoms with van der Waals surface area (Å²) in [6, 6.07) is 35.1. The van der Waals surface area contributed by atoms with E-state index < -0.39 is 103 Å². The summed E-state index contributed by atoms with van der Waals surface area (Å²) < 4.78 is 174. The fourth-order valence-electron chi connectivity index (χ4n) is 9.06. The predicted octanol–water partition coefficient (Wildman–Crippen LogP) is 17.8. The Labute approximate surface area is 466 Å². The standard InChI is InChI=1S/C66H59N4O.Pt/c1-44(2)35-47-38-63(67-42-58(47)46-23-13-10-14-24-46)70-59-30-16-15-27-56(59)57-34-33-53(41-62(57)70)71-52-26-19-25-51(40-52)68-43-69(61-32-18-17-31-60(61)68)64-54(45-21-11-9-12-22-45)28-20-29-55(64)48-36-49(65(3,4)5)39-50(37-48)66(6,7)8;/h9-34,36-39,42-44H,35H2,1-8H3;/q-3;/i1D3,2D3,9D,10D,11D,12D,13D,14D,21D,22D,23D,24D,38D,42D,44D;. The third kappa shape index (κ3) is 9.28. The van der Waals surface area contributed by atoms with Crippen LogP contribution in [0.15, 0.2) is 188 Å². The molecule has 0 saturated heterocycles. The van der Waals surface area contributed by atoms with Gasteiger partial charge in [-0.3, -0.25) is 0 Å². The molecule has 0 unspecified atom stereocenters. The summed E-state index contributed by atoms with van der Waals surface area (Å²) in [6.07, 6.45) is -2.05. The first kappa shape index (κ1) is 30.6. The number of ether oxygens (including phenoxy) is 1. The molecule has 0 fully saturated rings. The second-order valence-electron chi connectivity index (χ2n) is 19.5. The minimum atomic E-state index is -3.54. The van der Waals surface area contributed by atoms with E-state index in [0.717, 1.165) is 22.3 Å². The summed E-state index contributed by atoms with van der Waals surface area (Å²) in [5, 5.41) is 1.15. The monoisotopic (exact) mass is 1140 g/mol. The largest absolute Gasteiger partial charge is 0.509 e. The zero-order chi connectivity index (χ0) is 65.4. The molecule has 3 heterocycles. The average Bonchev–Trinajstić information content (AvgIpc) is 1.74. The van der Waals surface area contributed by atoms with Crippen molar-refractivity contribution in [2.45, 2.75) is 72.5 Å². The van der Waals surface area contributed by atoms with Gasteiger partial charge in [0.25, 0.3) is 0 Å². The Hall–Kier alpha value is -7.20. The van der Waals surface area contributed by atoms with Crippen LogP contribution in [-0.2, 0) is 38.3 Å². The van der Waals surface area contributed by atoms with Crippen molar-refractivity contribution >= 4 is 44.6 Å². The maximum Gasteiger partial charge on any atom is 0.135 e. The van der Waals surface area contributed by atoms with Gasteiger partial charge in [-0.05, 0) is 86.2 Å². The van der Waals surface area contributed by atoms with Gasteiger partial charge in [-0.15, -0.1) is 48.1 Å². The SMILES string of the molecule is [2H]c1nc(-n2c3[c-]c(Oc4[c-]c(N5[CH-]N(c6c(-c7cc(C(C)(C)C)cc(C(C)(C)C)c7)cccc6-c6c([2H])c([2H])c([2H])c([2H])c6[2H])c6ccccc65)ccc4)ccc3c3ccccc32)c([2H])c(CC([2H])(C([2H])([2H])[2H])C([2H])([2H])[2H])c1-c1c([2H])c([2H])c([2H])c([2H])c1[2H].[Pt]. The molecule has 2 aromatic heterocycles. The van der Waals surface area contributed by atoms with Gasteiger partial charge < -0.3 is 19.1 Å². The van der Waals surface area contributed by atoms with Gasteiger partial charge in [0.2, 0.25) is 0 Å². The van der Waals surface area contributed by atoms with Crippen molar-refractivity contribution in [2.24, 2.45) is 5.89 Å². The minimum absolute atomic E-state index is 0. The molecule has 1 aliphatic heterocycles. The molecule has 10 aromatic rings. The van der Waals surface area contributed by atoms with Crippen molar-refractivity contribution in [2.75, 3.05) is 9.80 Å². The molecular formula is C66H59N4OPt-3. The maximum atomic E-state index is 9.84. The molecule has 362 valence electrons. The number of hydrogen-bond acceptors (Lipinski definition) is 4. The number of benzene rings is 8. The molecule has 0 atom stereocenters. The van der Waals surface area contributed by atoms with Gasteiger partial charge in [0.05, 0.1) is 16.4 Å². The molecule has 0 spiro atoms. The third-order valence-corrected chi connectivity index (χ3v) is 12.6. The number of pyridine rings is 1. The van der Waals surface area contributed by atoms with Gasteiger partial charge in [0.15, 0.2) is 0 Å².